The number of amides is 2. The number of halogens is 1. The molecule has 28 heavy (non-hydrogen) atoms. The third-order valence-corrected chi connectivity index (χ3v) is 6.80. The Balaban J connectivity index is 1.73. The van der Waals surface area contributed by atoms with Crippen molar-refractivity contribution in [3.8, 4) is 0 Å². The molecule has 1 atom stereocenters. The fraction of sp³-hybridized carbons (Fsp3) is 0.368. The minimum absolute atomic E-state index is 0.0259. The van der Waals surface area contributed by atoms with Gasteiger partial charge >= 0.3 is 11.8 Å². The van der Waals surface area contributed by atoms with Crippen molar-refractivity contribution in [2.24, 2.45) is 0 Å². The third-order valence-electron chi connectivity index (χ3n) is 4.72. The van der Waals surface area contributed by atoms with E-state index in [-0.39, 0.29) is 23.2 Å². The predicted molar refractivity (Wildman–Crippen MR) is 98.4 cm³/mol. The second-order valence-corrected chi connectivity index (χ2v) is 8.80. The minimum atomic E-state index is -3.99. The van der Waals surface area contributed by atoms with Gasteiger partial charge in [0.15, 0.2) is 9.84 Å². The predicted octanol–water partition coefficient (Wildman–Crippen LogP) is 2.11. The maximum absolute atomic E-state index is 13.1. The van der Waals surface area contributed by atoms with Crippen LogP contribution < -0.4 is 10.6 Å². The molecule has 1 aromatic carbocycles. The van der Waals surface area contributed by atoms with E-state index < -0.39 is 32.7 Å². The van der Waals surface area contributed by atoms with Gasteiger partial charge in [0.2, 0.25) is 0 Å². The Bertz CT molecular complexity index is 920. The molecule has 1 aliphatic rings. The van der Waals surface area contributed by atoms with Crippen molar-refractivity contribution < 1.29 is 26.8 Å². The summed E-state index contributed by atoms with van der Waals surface area (Å²) in [7, 11) is -3.99. The number of sulfone groups is 1. The molecule has 3 rings (SSSR count). The molecule has 1 aliphatic carbocycles. The summed E-state index contributed by atoms with van der Waals surface area (Å²) in [5.41, 5.74) is 0. The molecule has 9 heteroatoms. The molecule has 1 heterocycles. The highest BCUT2D eigenvalue weighted by Gasteiger charge is 2.32. The van der Waals surface area contributed by atoms with E-state index in [1.807, 2.05) is 0 Å². The molecular weight excluding hydrogens is 387 g/mol. The normalized spacial score (nSPS) is 15.9. The lowest BCUT2D eigenvalue weighted by Crippen LogP contribution is -2.45. The molecule has 0 aliphatic heterocycles. The van der Waals surface area contributed by atoms with Crippen molar-refractivity contribution in [1.82, 2.24) is 10.6 Å². The minimum Gasteiger partial charge on any atom is -0.468 e. The van der Waals surface area contributed by atoms with Gasteiger partial charge in [-0.25, -0.2) is 12.8 Å². The monoisotopic (exact) mass is 408 g/mol. The highest BCUT2D eigenvalue weighted by molar-refractivity contribution is 7.91. The van der Waals surface area contributed by atoms with Gasteiger partial charge in [-0.2, -0.15) is 0 Å². The van der Waals surface area contributed by atoms with Gasteiger partial charge in [-0.3, -0.25) is 9.59 Å². The third kappa shape index (κ3) is 4.59. The van der Waals surface area contributed by atoms with Gasteiger partial charge in [-0.15, -0.1) is 0 Å². The van der Waals surface area contributed by atoms with E-state index in [1.54, 1.807) is 0 Å². The molecule has 1 fully saturated rings. The van der Waals surface area contributed by atoms with Gasteiger partial charge in [-0.1, -0.05) is 12.8 Å². The van der Waals surface area contributed by atoms with Crippen LogP contribution in [0.4, 0.5) is 4.39 Å². The van der Waals surface area contributed by atoms with Crippen LogP contribution in [0, 0.1) is 5.82 Å². The fourth-order valence-corrected chi connectivity index (χ4v) is 4.80. The first kappa shape index (κ1) is 20.1. The van der Waals surface area contributed by atoms with Gasteiger partial charge in [0.05, 0.1) is 11.2 Å². The van der Waals surface area contributed by atoms with Crippen LogP contribution >= 0.6 is 0 Å². The molecule has 0 bridgehead atoms. The number of carbonyl (C=O) groups excluding carboxylic acids is 2. The van der Waals surface area contributed by atoms with E-state index in [1.165, 1.54) is 18.4 Å². The quantitative estimate of drug-likeness (QED) is 0.563. The topological polar surface area (TPSA) is 105 Å². The zero-order valence-corrected chi connectivity index (χ0v) is 15.9. The molecular formula is C19H21FN2O5S. The molecule has 2 amide bonds. The van der Waals surface area contributed by atoms with Crippen molar-refractivity contribution in [3.05, 3.63) is 54.2 Å². The van der Waals surface area contributed by atoms with E-state index in [0.29, 0.717) is 0 Å². The second-order valence-electron chi connectivity index (χ2n) is 6.67. The van der Waals surface area contributed by atoms with Gasteiger partial charge in [0, 0.05) is 12.6 Å². The summed E-state index contributed by atoms with van der Waals surface area (Å²) in [6.45, 7) is -0.357. The van der Waals surface area contributed by atoms with E-state index in [9.17, 15) is 22.4 Å². The maximum Gasteiger partial charge on any atom is 0.309 e. The molecule has 0 spiro atoms. The van der Waals surface area contributed by atoms with Crippen molar-refractivity contribution in [3.63, 3.8) is 0 Å². The SMILES string of the molecule is O=C(NC[C@H](c1ccco1)S(=O)(=O)c1ccc(F)cc1)C(=O)NC1CCCC1. The molecule has 2 aromatic rings. The van der Waals surface area contributed by atoms with Gasteiger partial charge in [0.25, 0.3) is 0 Å². The van der Waals surface area contributed by atoms with Crippen LogP contribution in [0.3, 0.4) is 0 Å². The summed E-state index contributed by atoms with van der Waals surface area (Å²) < 4.78 is 44.3. The van der Waals surface area contributed by atoms with Crippen LogP contribution in [0.25, 0.3) is 0 Å². The molecule has 150 valence electrons. The smallest absolute Gasteiger partial charge is 0.309 e. The summed E-state index contributed by atoms with van der Waals surface area (Å²) in [5, 5.41) is 3.76. The van der Waals surface area contributed by atoms with Crippen LogP contribution in [-0.2, 0) is 19.4 Å². The Hall–Kier alpha value is -2.68. The lowest BCUT2D eigenvalue weighted by Gasteiger charge is -2.17. The van der Waals surface area contributed by atoms with E-state index in [0.717, 1.165) is 49.9 Å². The largest absolute Gasteiger partial charge is 0.468 e. The van der Waals surface area contributed by atoms with Crippen LogP contribution in [0.5, 0.6) is 0 Å². The number of carbonyl (C=O) groups is 2. The number of benzene rings is 1. The summed E-state index contributed by atoms with van der Waals surface area (Å²) in [6, 6.07) is 7.35. The number of hydrogen-bond donors (Lipinski definition) is 2. The van der Waals surface area contributed by atoms with Crippen LogP contribution in [0.15, 0.2) is 52.0 Å². The van der Waals surface area contributed by atoms with Crippen molar-refractivity contribution in [2.45, 2.75) is 41.9 Å². The van der Waals surface area contributed by atoms with Gasteiger partial charge in [-0.05, 0) is 49.2 Å². The Kier molecular flexibility index (Phi) is 6.13. The lowest BCUT2D eigenvalue weighted by atomic mass is 10.2. The lowest BCUT2D eigenvalue weighted by molar-refractivity contribution is -0.139. The average Bonchev–Trinajstić information content (AvgIpc) is 3.36. The first-order valence-electron chi connectivity index (χ1n) is 8.99. The number of rotatable bonds is 6. The highest BCUT2D eigenvalue weighted by Crippen LogP contribution is 2.29. The molecule has 2 N–H and O–H groups in total. The first-order valence-corrected chi connectivity index (χ1v) is 10.5. The van der Waals surface area contributed by atoms with Crippen LogP contribution in [0.1, 0.15) is 36.7 Å². The second kappa shape index (κ2) is 8.55. The molecule has 0 radical (unpaired) electrons. The number of furan rings is 1. The van der Waals surface area contributed by atoms with Crippen molar-refractivity contribution >= 4 is 21.7 Å². The Morgan fingerprint density at radius 2 is 1.79 bits per heavy atom. The summed E-state index contributed by atoms with van der Waals surface area (Å²) in [6.07, 6.45) is 4.98. The van der Waals surface area contributed by atoms with Gasteiger partial charge in [0.1, 0.15) is 16.8 Å². The zero-order chi connectivity index (χ0) is 20.1. The Labute approximate surface area is 162 Å². The fourth-order valence-electron chi connectivity index (χ4n) is 3.21. The molecule has 7 nitrogen and oxygen atoms in total. The molecule has 0 unspecified atom stereocenters. The summed E-state index contributed by atoms with van der Waals surface area (Å²) >= 11 is 0. The highest BCUT2D eigenvalue weighted by atomic mass is 32.2. The van der Waals surface area contributed by atoms with Crippen molar-refractivity contribution in [2.75, 3.05) is 6.54 Å². The average molecular weight is 408 g/mol. The van der Waals surface area contributed by atoms with E-state index in [4.69, 9.17) is 4.42 Å². The van der Waals surface area contributed by atoms with Gasteiger partial charge < -0.3 is 15.1 Å². The van der Waals surface area contributed by atoms with E-state index >= 15 is 0 Å². The molecule has 1 saturated carbocycles. The Morgan fingerprint density at radius 1 is 1.11 bits per heavy atom. The van der Waals surface area contributed by atoms with Crippen molar-refractivity contribution in [1.29, 1.82) is 0 Å². The van der Waals surface area contributed by atoms with Crippen LogP contribution in [-0.4, -0.2) is 32.8 Å². The maximum atomic E-state index is 13.1. The van der Waals surface area contributed by atoms with E-state index in [2.05, 4.69) is 10.6 Å². The first-order chi connectivity index (χ1) is 13.4. The Morgan fingerprint density at radius 3 is 2.39 bits per heavy atom. The standard InChI is InChI=1S/C19H21FN2O5S/c20-13-7-9-15(10-8-13)28(25,26)17(16-6-3-11-27-16)12-21-18(23)19(24)22-14-4-1-2-5-14/h3,6-11,14,17H,1-2,4-5,12H2,(H,21,23)(H,22,24)/t17-/m1/s1. The zero-order valence-electron chi connectivity index (χ0n) is 15.1. The molecule has 0 saturated heterocycles. The number of hydrogen-bond acceptors (Lipinski definition) is 5. The van der Waals surface area contributed by atoms with Crippen LogP contribution in [0.2, 0.25) is 0 Å². The molecule has 1 aromatic heterocycles. The number of nitrogens with one attached hydrogen (secondary N) is 2. The summed E-state index contributed by atoms with van der Waals surface area (Å²) in [4.78, 5) is 24.0. The summed E-state index contributed by atoms with van der Waals surface area (Å²) in [5.74, 6) is -2.15.